The van der Waals surface area contributed by atoms with Gasteiger partial charge in [-0.05, 0) is 31.8 Å². The quantitative estimate of drug-likeness (QED) is 0.561. The molecule has 0 heterocycles. The van der Waals surface area contributed by atoms with Crippen molar-refractivity contribution >= 4 is 6.08 Å². The van der Waals surface area contributed by atoms with Crippen molar-refractivity contribution in [1.82, 2.24) is 4.90 Å². The number of hydrogen-bond donors (Lipinski definition) is 0. The van der Waals surface area contributed by atoms with Crippen LogP contribution in [0, 0.1) is 10.1 Å². The average molecular weight is 264 g/mol. The summed E-state index contributed by atoms with van der Waals surface area (Å²) < 4.78 is 5.55. The molecule has 1 aromatic rings. The highest BCUT2D eigenvalue weighted by atomic mass is 16.6. The second-order valence-corrected chi connectivity index (χ2v) is 4.47. The predicted molar refractivity (Wildman–Crippen MR) is 75.8 cm³/mol. The third-order valence-corrected chi connectivity index (χ3v) is 2.62. The van der Waals surface area contributed by atoms with E-state index in [0.717, 1.165) is 17.9 Å². The molecule has 0 aliphatic rings. The molecule has 5 heteroatoms. The van der Waals surface area contributed by atoms with Crippen molar-refractivity contribution in [1.29, 1.82) is 0 Å². The smallest absolute Gasteiger partial charge is 0.246 e. The van der Waals surface area contributed by atoms with Crippen LogP contribution in [0.1, 0.15) is 18.9 Å². The molecule has 0 amide bonds. The first-order valence-electron chi connectivity index (χ1n) is 6.25. The minimum Gasteiger partial charge on any atom is -0.492 e. The van der Waals surface area contributed by atoms with Crippen LogP contribution in [0.3, 0.4) is 0 Å². The minimum atomic E-state index is -0.346. The summed E-state index contributed by atoms with van der Waals surface area (Å²) >= 11 is 0. The number of hydrogen-bond acceptors (Lipinski definition) is 4. The fraction of sp³-hybridized carbons (Fsp3) is 0.429. The number of allylic oxidation sites excluding steroid dienone is 1. The molecule has 0 saturated carbocycles. The Morgan fingerprint density at radius 3 is 2.47 bits per heavy atom. The van der Waals surface area contributed by atoms with Gasteiger partial charge in [-0.1, -0.05) is 19.1 Å². The average Bonchev–Trinajstić information content (AvgIpc) is 2.37. The molecule has 0 aliphatic carbocycles. The Bertz CT molecular complexity index is 439. The van der Waals surface area contributed by atoms with Crippen molar-refractivity contribution in [3.63, 3.8) is 0 Å². The minimum absolute atomic E-state index is 0.210. The van der Waals surface area contributed by atoms with E-state index in [9.17, 15) is 10.1 Å². The first kappa shape index (κ1) is 15.2. The molecule has 0 saturated heterocycles. The largest absolute Gasteiger partial charge is 0.492 e. The topological polar surface area (TPSA) is 55.6 Å². The van der Waals surface area contributed by atoms with Crippen molar-refractivity contribution in [3.8, 4) is 5.75 Å². The Hall–Kier alpha value is -1.88. The third-order valence-electron chi connectivity index (χ3n) is 2.62. The summed E-state index contributed by atoms with van der Waals surface area (Å²) in [7, 11) is 3.97. The number of nitro groups is 1. The first-order valence-corrected chi connectivity index (χ1v) is 6.25. The molecule has 104 valence electrons. The summed E-state index contributed by atoms with van der Waals surface area (Å²) in [4.78, 5) is 12.4. The second kappa shape index (κ2) is 7.53. The van der Waals surface area contributed by atoms with E-state index in [4.69, 9.17) is 4.74 Å². The summed E-state index contributed by atoms with van der Waals surface area (Å²) in [6.45, 7) is 3.24. The van der Waals surface area contributed by atoms with Crippen molar-refractivity contribution in [2.24, 2.45) is 0 Å². The molecule has 5 nitrogen and oxygen atoms in total. The molecule has 19 heavy (non-hydrogen) atoms. The maximum absolute atomic E-state index is 10.7. The Kier molecular flexibility index (Phi) is 6.02. The zero-order valence-corrected chi connectivity index (χ0v) is 11.6. The zero-order valence-electron chi connectivity index (χ0n) is 11.6. The van der Waals surface area contributed by atoms with E-state index in [-0.39, 0.29) is 10.6 Å². The zero-order chi connectivity index (χ0) is 14.3. The lowest BCUT2D eigenvalue weighted by Crippen LogP contribution is -2.19. The maximum Gasteiger partial charge on any atom is 0.246 e. The van der Waals surface area contributed by atoms with Crippen LogP contribution >= 0.6 is 0 Å². The molecule has 1 aromatic carbocycles. The monoisotopic (exact) mass is 264 g/mol. The van der Waals surface area contributed by atoms with Crippen molar-refractivity contribution in [2.45, 2.75) is 13.3 Å². The van der Waals surface area contributed by atoms with E-state index >= 15 is 0 Å². The van der Waals surface area contributed by atoms with Gasteiger partial charge in [-0.3, -0.25) is 10.1 Å². The number of benzene rings is 1. The molecule has 0 N–H and O–H groups in total. The van der Waals surface area contributed by atoms with Crippen LogP contribution in [0.4, 0.5) is 0 Å². The molecule has 0 aliphatic heterocycles. The van der Waals surface area contributed by atoms with Gasteiger partial charge in [0.15, 0.2) is 0 Å². The first-order chi connectivity index (χ1) is 9.02. The van der Waals surface area contributed by atoms with Gasteiger partial charge in [-0.25, -0.2) is 0 Å². The summed E-state index contributed by atoms with van der Waals surface area (Å²) in [6, 6.07) is 7.30. The fourth-order valence-electron chi connectivity index (χ4n) is 1.48. The number of nitrogens with zero attached hydrogens (tertiary/aromatic N) is 2. The SMILES string of the molecule is CCC(=Cc1ccc(OCCN(C)C)cc1)[N+](=O)[O-]. The normalized spacial score (nSPS) is 11.7. The summed E-state index contributed by atoms with van der Waals surface area (Å²) in [5, 5.41) is 10.7. The van der Waals surface area contributed by atoms with Crippen molar-refractivity contribution < 1.29 is 9.66 Å². The van der Waals surface area contributed by atoms with E-state index in [1.165, 1.54) is 0 Å². The number of ether oxygens (including phenoxy) is 1. The van der Waals surface area contributed by atoms with Crippen LogP contribution in [0.5, 0.6) is 5.75 Å². The predicted octanol–water partition coefficient (Wildman–Crippen LogP) is 2.65. The van der Waals surface area contributed by atoms with Gasteiger partial charge in [-0.2, -0.15) is 0 Å². The van der Waals surface area contributed by atoms with Crippen LogP contribution in [0.15, 0.2) is 30.0 Å². The van der Waals surface area contributed by atoms with Gasteiger partial charge in [-0.15, -0.1) is 0 Å². The van der Waals surface area contributed by atoms with Crippen LogP contribution in [-0.4, -0.2) is 37.1 Å². The molecular formula is C14H20N2O3. The number of rotatable bonds is 7. The van der Waals surface area contributed by atoms with Gasteiger partial charge < -0.3 is 9.64 Å². The van der Waals surface area contributed by atoms with E-state index < -0.39 is 0 Å². The Morgan fingerprint density at radius 2 is 2.00 bits per heavy atom. The van der Waals surface area contributed by atoms with Gasteiger partial charge in [0.05, 0.1) is 4.92 Å². The van der Waals surface area contributed by atoms with Crippen LogP contribution < -0.4 is 4.74 Å². The summed E-state index contributed by atoms with van der Waals surface area (Å²) in [5.41, 5.74) is 1.02. The lowest BCUT2D eigenvalue weighted by molar-refractivity contribution is -0.425. The fourth-order valence-corrected chi connectivity index (χ4v) is 1.48. The van der Waals surface area contributed by atoms with Gasteiger partial charge in [0.2, 0.25) is 5.70 Å². The van der Waals surface area contributed by atoms with Crippen molar-refractivity contribution in [3.05, 3.63) is 45.6 Å². The maximum atomic E-state index is 10.7. The van der Waals surface area contributed by atoms with E-state index in [1.54, 1.807) is 13.0 Å². The summed E-state index contributed by atoms with van der Waals surface area (Å²) in [5.74, 6) is 0.776. The molecule has 0 unspecified atom stereocenters. The van der Waals surface area contributed by atoms with E-state index in [1.807, 2.05) is 43.3 Å². The summed E-state index contributed by atoms with van der Waals surface area (Å²) in [6.07, 6.45) is 2.00. The lowest BCUT2D eigenvalue weighted by atomic mass is 10.1. The standard InChI is InChI=1S/C14H20N2O3/c1-4-13(16(17)18)11-12-5-7-14(8-6-12)19-10-9-15(2)3/h5-8,11H,4,9-10H2,1-3H3. The molecular weight excluding hydrogens is 244 g/mol. The van der Waals surface area contributed by atoms with Crippen LogP contribution in [0.25, 0.3) is 6.08 Å². The molecule has 0 bridgehead atoms. The Balaban J connectivity index is 2.63. The highest BCUT2D eigenvalue weighted by Crippen LogP contribution is 2.15. The lowest BCUT2D eigenvalue weighted by Gasteiger charge is -2.10. The molecule has 0 atom stereocenters. The Morgan fingerprint density at radius 1 is 1.37 bits per heavy atom. The third kappa shape index (κ3) is 5.52. The highest BCUT2D eigenvalue weighted by molar-refractivity contribution is 5.52. The van der Waals surface area contributed by atoms with Gasteiger partial charge in [0.1, 0.15) is 12.4 Å². The van der Waals surface area contributed by atoms with Crippen LogP contribution in [-0.2, 0) is 0 Å². The van der Waals surface area contributed by atoms with E-state index in [2.05, 4.69) is 0 Å². The van der Waals surface area contributed by atoms with Gasteiger partial charge in [0, 0.05) is 19.0 Å². The molecule has 1 rings (SSSR count). The molecule has 0 aromatic heterocycles. The molecule has 0 spiro atoms. The van der Waals surface area contributed by atoms with Gasteiger partial charge in [0.25, 0.3) is 0 Å². The van der Waals surface area contributed by atoms with Gasteiger partial charge >= 0.3 is 0 Å². The van der Waals surface area contributed by atoms with E-state index in [0.29, 0.717) is 13.0 Å². The Labute approximate surface area is 113 Å². The second-order valence-electron chi connectivity index (χ2n) is 4.47. The molecule has 0 radical (unpaired) electrons. The molecule has 0 fully saturated rings. The number of likely N-dealkylation sites (N-methyl/N-ethyl adjacent to an activating group) is 1. The van der Waals surface area contributed by atoms with Crippen LogP contribution in [0.2, 0.25) is 0 Å². The highest BCUT2D eigenvalue weighted by Gasteiger charge is 2.06. The van der Waals surface area contributed by atoms with Crippen molar-refractivity contribution in [2.75, 3.05) is 27.2 Å².